The Morgan fingerprint density at radius 3 is 2.61 bits per heavy atom. The first-order valence-corrected chi connectivity index (χ1v) is 11.7. The van der Waals surface area contributed by atoms with Crippen molar-refractivity contribution in [2.45, 2.75) is 83.4 Å². The Hall–Kier alpha value is -1.24. The molecule has 0 radical (unpaired) electrons. The topological polar surface area (TPSA) is 54.0 Å². The number of para-hydroxylation sites is 1. The predicted octanol–water partition coefficient (Wildman–Crippen LogP) is 5.07. The maximum atomic E-state index is 12.7. The minimum absolute atomic E-state index is 0.0884. The van der Waals surface area contributed by atoms with E-state index in [1.54, 1.807) is 13.2 Å². The summed E-state index contributed by atoms with van der Waals surface area (Å²) in [6.07, 6.45) is 2.78. The zero-order valence-electron chi connectivity index (χ0n) is 19.7. The second-order valence-corrected chi connectivity index (χ2v) is 11.6. The number of halogens is 1. The molecule has 0 N–H and O–H groups in total. The van der Waals surface area contributed by atoms with Crippen molar-refractivity contribution >= 4 is 24.7 Å². The Kier molecular flexibility index (Phi) is 5.68. The number of carbonyl (C=O) groups is 1. The summed E-state index contributed by atoms with van der Waals surface area (Å²) in [6, 6.07) is 5.47. The number of ether oxygens (including phenoxy) is 2. The van der Waals surface area contributed by atoms with Gasteiger partial charge in [-0.15, -0.1) is 11.6 Å². The van der Waals surface area contributed by atoms with Crippen LogP contribution in [0, 0.1) is 17.3 Å². The zero-order valence-corrected chi connectivity index (χ0v) is 20.4. The number of esters is 1. The van der Waals surface area contributed by atoms with Crippen LogP contribution in [0.3, 0.4) is 0 Å². The van der Waals surface area contributed by atoms with E-state index in [-0.39, 0.29) is 17.1 Å². The number of hydrogen-bond donors (Lipinski definition) is 0. The Labute approximate surface area is 191 Å². The second kappa shape index (κ2) is 7.67. The number of carbonyl (C=O) groups excluding carboxylic acids is 1. The van der Waals surface area contributed by atoms with E-state index >= 15 is 0 Å². The smallest absolute Gasteiger partial charge is 0.477 e. The van der Waals surface area contributed by atoms with Gasteiger partial charge in [0.1, 0.15) is 16.9 Å². The van der Waals surface area contributed by atoms with Crippen LogP contribution in [-0.4, -0.2) is 42.8 Å². The van der Waals surface area contributed by atoms with Gasteiger partial charge in [-0.05, 0) is 75.8 Å². The van der Waals surface area contributed by atoms with Crippen molar-refractivity contribution in [3.8, 4) is 5.75 Å². The molecule has 1 aromatic carbocycles. The van der Waals surface area contributed by atoms with Crippen molar-refractivity contribution in [3.63, 3.8) is 0 Å². The Morgan fingerprint density at radius 2 is 2.00 bits per heavy atom. The normalized spacial score (nSPS) is 32.1. The van der Waals surface area contributed by atoms with Crippen LogP contribution in [0.15, 0.2) is 18.2 Å². The van der Waals surface area contributed by atoms with E-state index in [0.717, 1.165) is 12.0 Å². The molecule has 0 spiro atoms. The van der Waals surface area contributed by atoms with E-state index in [4.69, 9.17) is 30.4 Å². The quantitative estimate of drug-likeness (QED) is 0.358. The summed E-state index contributed by atoms with van der Waals surface area (Å²) in [4.78, 5) is 12.7. The highest BCUT2D eigenvalue weighted by atomic mass is 35.5. The average molecular weight is 449 g/mol. The van der Waals surface area contributed by atoms with Gasteiger partial charge in [-0.2, -0.15) is 0 Å². The Balaban J connectivity index is 1.50. The molecule has 1 aromatic rings. The highest BCUT2D eigenvalue weighted by Gasteiger charge is 2.68. The molecule has 7 heteroatoms. The summed E-state index contributed by atoms with van der Waals surface area (Å²) < 4.78 is 24.0. The van der Waals surface area contributed by atoms with E-state index < -0.39 is 24.0 Å². The molecule has 1 heterocycles. The van der Waals surface area contributed by atoms with Gasteiger partial charge < -0.3 is 18.8 Å². The standard InChI is InChI=1S/C24H34BClO5/c1-22(2,3)29-21(27)16-10-8-9-14(20(16)28-7)11-19(26)25-30-18-13-15-12-17(23(15,4)5)24(18,6)31-25/h8-10,15,17-19H,11-13H2,1-7H3/t15-,17-,18?,19+,24-/m0/s1. The lowest BCUT2D eigenvalue weighted by molar-refractivity contribution is -0.199. The predicted molar refractivity (Wildman–Crippen MR) is 122 cm³/mol. The number of alkyl halides is 1. The summed E-state index contributed by atoms with van der Waals surface area (Å²) in [6.45, 7) is 12.4. The molecule has 31 heavy (non-hydrogen) atoms. The largest absolute Gasteiger partial charge is 0.496 e. The number of rotatable bonds is 5. The lowest BCUT2D eigenvalue weighted by Crippen LogP contribution is -2.65. The van der Waals surface area contributed by atoms with Crippen LogP contribution < -0.4 is 4.74 Å². The van der Waals surface area contributed by atoms with Crippen LogP contribution in [0.1, 0.15) is 70.3 Å². The maximum absolute atomic E-state index is 12.7. The van der Waals surface area contributed by atoms with Gasteiger partial charge in [-0.3, -0.25) is 0 Å². The summed E-state index contributed by atoms with van der Waals surface area (Å²) >= 11 is 6.83. The number of hydrogen-bond acceptors (Lipinski definition) is 5. The molecule has 3 aliphatic carbocycles. The first-order chi connectivity index (χ1) is 14.4. The van der Waals surface area contributed by atoms with Gasteiger partial charge in [0.2, 0.25) is 0 Å². The maximum Gasteiger partial charge on any atom is 0.477 e. The summed E-state index contributed by atoms with van der Waals surface area (Å²) in [5.74, 6) is 1.26. The third-order valence-corrected chi connectivity index (χ3v) is 7.96. The van der Waals surface area contributed by atoms with Crippen molar-refractivity contribution < 1.29 is 23.6 Å². The third kappa shape index (κ3) is 3.89. The Bertz CT molecular complexity index is 866. The minimum atomic E-state index is -0.584. The van der Waals surface area contributed by atoms with Crippen LogP contribution >= 0.6 is 11.6 Å². The van der Waals surface area contributed by atoms with E-state index in [2.05, 4.69) is 20.8 Å². The molecule has 3 saturated carbocycles. The van der Waals surface area contributed by atoms with E-state index in [1.807, 2.05) is 32.9 Å². The molecule has 4 aliphatic rings. The van der Waals surface area contributed by atoms with Gasteiger partial charge in [-0.25, -0.2) is 4.79 Å². The molecule has 5 rings (SSSR count). The molecule has 1 unspecified atom stereocenters. The Morgan fingerprint density at radius 1 is 1.29 bits per heavy atom. The van der Waals surface area contributed by atoms with E-state index in [0.29, 0.717) is 29.6 Å². The molecule has 4 fully saturated rings. The summed E-state index contributed by atoms with van der Waals surface area (Å²) in [5, 5.41) is -0.398. The molecule has 1 aliphatic heterocycles. The summed E-state index contributed by atoms with van der Waals surface area (Å²) in [7, 11) is 1.07. The van der Waals surface area contributed by atoms with Crippen molar-refractivity contribution in [2.75, 3.05) is 7.11 Å². The summed E-state index contributed by atoms with van der Waals surface area (Å²) in [5.41, 5.74) is 0.645. The average Bonchev–Trinajstić information content (AvgIpc) is 3.03. The zero-order chi connectivity index (χ0) is 22.8. The molecule has 1 saturated heterocycles. The highest BCUT2D eigenvalue weighted by molar-refractivity contribution is 6.60. The van der Waals surface area contributed by atoms with Gasteiger partial charge in [0.25, 0.3) is 0 Å². The third-order valence-electron chi connectivity index (χ3n) is 7.60. The molecule has 5 nitrogen and oxygen atoms in total. The van der Waals surface area contributed by atoms with Gasteiger partial charge >= 0.3 is 13.1 Å². The SMILES string of the molecule is COc1c(C[C@@H](Cl)B2OC3C[C@@H]4C[C@@H](C4(C)C)[C@]3(C)O2)cccc1C(=O)OC(C)(C)C. The lowest BCUT2D eigenvalue weighted by atomic mass is 9.43. The highest BCUT2D eigenvalue weighted by Crippen LogP contribution is 2.65. The molecular weight excluding hydrogens is 415 g/mol. The fourth-order valence-corrected chi connectivity index (χ4v) is 6.12. The number of benzene rings is 1. The number of methoxy groups -OCH3 is 1. The lowest BCUT2D eigenvalue weighted by Gasteiger charge is -2.64. The molecule has 5 atom stereocenters. The molecule has 170 valence electrons. The second-order valence-electron chi connectivity index (χ2n) is 11.1. The first-order valence-electron chi connectivity index (χ1n) is 11.2. The van der Waals surface area contributed by atoms with Crippen molar-refractivity contribution in [1.82, 2.24) is 0 Å². The van der Waals surface area contributed by atoms with Crippen molar-refractivity contribution in [3.05, 3.63) is 29.3 Å². The molecular formula is C24H34BClO5. The van der Waals surface area contributed by atoms with Crippen LogP contribution in [0.25, 0.3) is 0 Å². The fourth-order valence-electron chi connectivity index (χ4n) is 5.84. The van der Waals surface area contributed by atoms with Crippen LogP contribution in [-0.2, 0) is 20.5 Å². The minimum Gasteiger partial charge on any atom is -0.496 e. The van der Waals surface area contributed by atoms with Crippen molar-refractivity contribution in [2.24, 2.45) is 17.3 Å². The van der Waals surface area contributed by atoms with Crippen LogP contribution in [0.4, 0.5) is 0 Å². The molecule has 0 amide bonds. The van der Waals surface area contributed by atoms with Crippen LogP contribution in [0.2, 0.25) is 0 Å². The van der Waals surface area contributed by atoms with Crippen molar-refractivity contribution in [1.29, 1.82) is 0 Å². The van der Waals surface area contributed by atoms with Gasteiger partial charge in [-0.1, -0.05) is 26.0 Å². The first kappa shape index (κ1) is 22.9. The fraction of sp³-hybridized carbons (Fsp3) is 0.708. The monoisotopic (exact) mass is 448 g/mol. The van der Waals surface area contributed by atoms with Gasteiger partial charge in [0.15, 0.2) is 0 Å². The van der Waals surface area contributed by atoms with E-state index in [1.165, 1.54) is 6.42 Å². The molecule has 2 bridgehead atoms. The van der Waals surface area contributed by atoms with E-state index in [9.17, 15) is 4.79 Å². The van der Waals surface area contributed by atoms with Gasteiger partial charge in [0, 0.05) is 0 Å². The van der Waals surface area contributed by atoms with Crippen LogP contribution in [0.5, 0.6) is 5.75 Å². The molecule has 0 aromatic heterocycles. The van der Waals surface area contributed by atoms with Gasteiger partial charge in [0.05, 0.1) is 24.1 Å².